The average Bonchev–Trinajstić information content (AvgIpc) is 3.02. The van der Waals surface area contributed by atoms with E-state index in [1.807, 2.05) is 61.5 Å². The highest BCUT2D eigenvalue weighted by atomic mass is 16.6. The van der Waals surface area contributed by atoms with Crippen LogP contribution in [0.5, 0.6) is 0 Å². The van der Waals surface area contributed by atoms with Gasteiger partial charge < -0.3 is 10.5 Å². The third-order valence-electron chi connectivity index (χ3n) is 4.62. The van der Waals surface area contributed by atoms with Gasteiger partial charge in [-0.3, -0.25) is 4.79 Å². The highest BCUT2D eigenvalue weighted by Crippen LogP contribution is 2.31. The number of rotatable bonds is 5. The normalized spacial score (nSPS) is 18.0. The number of amides is 2. The van der Waals surface area contributed by atoms with Crippen molar-refractivity contribution in [2.75, 3.05) is 12.3 Å². The van der Waals surface area contributed by atoms with Gasteiger partial charge in [0.2, 0.25) is 5.91 Å². The Hall–Kier alpha value is -2.82. The Morgan fingerprint density at radius 3 is 2.68 bits per heavy atom. The lowest BCUT2D eigenvalue weighted by Crippen LogP contribution is -2.35. The van der Waals surface area contributed by atoms with Crippen LogP contribution in [-0.4, -0.2) is 23.5 Å². The number of ether oxygens (including phenoxy) is 1. The number of benzene rings is 2. The molecule has 1 unspecified atom stereocenters. The molecule has 0 aliphatic carbocycles. The number of cyclic esters (lactones) is 1. The minimum Gasteiger partial charge on any atom is -0.446 e. The molecule has 1 aliphatic heterocycles. The molecule has 0 bridgehead atoms. The molecule has 0 spiro atoms. The van der Waals surface area contributed by atoms with Gasteiger partial charge in [0.25, 0.3) is 0 Å². The summed E-state index contributed by atoms with van der Waals surface area (Å²) in [5, 5.41) is 0. The van der Waals surface area contributed by atoms with Crippen molar-refractivity contribution < 1.29 is 14.3 Å². The second-order valence-electron chi connectivity index (χ2n) is 6.25. The molecule has 2 atom stereocenters. The van der Waals surface area contributed by atoms with Crippen molar-refractivity contribution in [3.05, 3.63) is 65.7 Å². The first-order valence-corrected chi connectivity index (χ1v) is 8.49. The number of hydrogen-bond donors (Lipinski definition) is 1. The van der Waals surface area contributed by atoms with E-state index in [2.05, 4.69) is 0 Å². The van der Waals surface area contributed by atoms with Gasteiger partial charge in [0, 0.05) is 12.1 Å². The zero-order valence-corrected chi connectivity index (χ0v) is 14.2. The van der Waals surface area contributed by atoms with Crippen molar-refractivity contribution in [1.29, 1.82) is 0 Å². The van der Waals surface area contributed by atoms with Crippen LogP contribution >= 0.6 is 0 Å². The van der Waals surface area contributed by atoms with Gasteiger partial charge in [0.05, 0.1) is 0 Å². The van der Waals surface area contributed by atoms with Crippen LogP contribution in [0, 0.1) is 0 Å². The number of nitrogens with zero attached hydrogens (tertiary/aromatic N) is 1. The first-order valence-electron chi connectivity index (χ1n) is 8.49. The van der Waals surface area contributed by atoms with E-state index in [4.69, 9.17) is 10.5 Å². The Balaban J connectivity index is 1.79. The smallest absolute Gasteiger partial charge is 0.417 e. The lowest BCUT2D eigenvalue weighted by Gasteiger charge is -2.23. The molecule has 2 aromatic carbocycles. The van der Waals surface area contributed by atoms with Crippen LogP contribution in [0.25, 0.3) is 0 Å². The van der Waals surface area contributed by atoms with E-state index in [9.17, 15) is 9.59 Å². The average molecular weight is 338 g/mol. The van der Waals surface area contributed by atoms with Crippen LogP contribution in [0.2, 0.25) is 0 Å². The van der Waals surface area contributed by atoms with Crippen LogP contribution in [0.4, 0.5) is 10.5 Å². The molecule has 2 aromatic rings. The molecule has 5 nitrogen and oxygen atoms in total. The van der Waals surface area contributed by atoms with Crippen molar-refractivity contribution in [3.63, 3.8) is 0 Å². The third-order valence-corrected chi connectivity index (χ3v) is 4.62. The van der Waals surface area contributed by atoms with Crippen LogP contribution in [0.1, 0.15) is 42.9 Å². The van der Waals surface area contributed by atoms with Gasteiger partial charge in [0.1, 0.15) is 12.6 Å². The summed E-state index contributed by atoms with van der Waals surface area (Å²) in [6.07, 6.45) is 0.466. The summed E-state index contributed by atoms with van der Waals surface area (Å²) < 4.78 is 5.14. The first-order chi connectivity index (χ1) is 12.1. The van der Waals surface area contributed by atoms with Crippen LogP contribution in [0.3, 0.4) is 0 Å². The Labute approximate surface area is 147 Å². The topological polar surface area (TPSA) is 72.6 Å². The summed E-state index contributed by atoms with van der Waals surface area (Å²) in [5.74, 6) is -0.202. The maximum Gasteiger partial charge on any atom is 0.417 e. The standard InChI is InChI=1S/C20H22N2O3/c1-2-14(16-9-6-10-17(21)11-16)12-19(23)22-18(13-25-20(22)24)15-7-4-3-5-8-15/h3-11,14,18H,2,12-13,21H2,1H3/t14-,18?/m0/s1. The van der Waals surface area contributed by atoms with Gasteiger partial charge in [-0.2, -0.15) is 0 Å². The lowest BCUT2D eigenvalue weighted by atomic mass is 9.92. The number of imide groups is 1. The fourth-order valence-electron chi connectivity index (χ4n) is 3.24. The Bertz CT molecular complexity index is 761. The van der Waals surface area contributed by atoms with Crippen LogP contribution in [-0.2, 0) is 9.53 Å². The van der Waals surface area contributed by atoms with Crippen molar-refractivity contribution in [2.45, 2.75) is 31.7 Å². The molecule has 2 amide bonds. The highest BCUT2D eigenvalue weighted by molar-refractivity contribution is 5.94. The SMILES string of the molecule is CC[C@@H](CC(=O)N1C(=O)OCC1c1ccccc1)c1cccc(N)c1. The number of carbonyl (C=O) groups excluding carboxylic acids is 2. The zero-order chi connectivity index (χ0) is 17.8. The highest BCUT2D eigenvalue weighted by Gasteiger charge is 2.39. The summed E-state index contributed by atoms with van der Waals surface area (Å²) in [6, 6.07) is 16.7. The van der Waals surface area contributed by atoms with Gasteiger partial charge in [0.15, 0.2) is 0 Å². The summed E-state index contributed by atoms with van der Waals surface area (Å²) in [7, 11) is 0. The minimum atomic E-state index is -0.568. The molecule has 5 heteroatoms. The molecule has 0 aromatic heterocycles. The quantitative estimate of drug-likeness (QED) is 0.840. The summed E-state index contributed by atoms with van der Waals surface area (Å²) in [4.78, 5) is 26.2. The van der Waals surface area contributed by atoms with Gasteiger partial charge >= 0.3 is 6.09 Å². The predicted octanol–water partition coefficient (Wildman–Crippen LogP) is 3.87. The molecular weight excluding hydrogens is 316 g/mol. The number of carbonyl (C=O) groups is 2. The molecule has 0 saturated carbocycles. The van der Waals surface area contributed by atoms with Gasteiger partial charge in [-0.15, -0.1) is 0 Å². The maximum atomic E-state index is 12.9. The first kappa shape index (κ1) is 17.0. The van der Waals surface area contributed by atoms with E-state index in [0.29, 0.717) is 5.69 Å². The lowest BCUT2D eigenvalue weighted by molar-refractivity contribution is -0.129. The zero-order valence-electron chi connectivity index (χ0n) is 14.2. The van der Waals surface area contributed by atoms with E-state index in [-0.39, 0.29) is 30.9 Å². The molecule has 0 radical (unpaired) electrons. The van der Waals surface area contributed by atoms with E-state index in [1.54, 1.807) is 0 Å². The Morgan fingerprint density at radius 1 is 1.24 bits per heavy atom. The predicted molar refractivity (Wildman–Crippen MR) is 95.9 cm³/mol. The fraction of sp³-hybridized carbons (Fsp3) is 0.300. The third kappa shape index (κ3) is 3.65. The molecule has 1 heterocycles. The molecule has 130 valence electrons. The van der Waals surface area contributed by atoms with E-state index < -0.39 is 6.09 Å². The number of hydrogen-bond acceptors (Lipinski definition) is 4. The summed E-state index contributed by atoms with van der Waals surface area (Å²) in [6.45, 7) is 2.22. The van der Waals surface area contributed by atoms with Crippen LogP contribution in [0.15, 0.2) is 54.6 Å². The largest absolute Gasteiger partial charge is 0.446 e. The second-order valence-corrected chi connectivity index (χ2v) is 6.25. The van der Waals surface area contributed by atoms with Crippen molar-refractivity contribution in [2.24, 2.45) is 0 Å². The van der Waals surface area contributed by atoms with Crippen molar-refractivity contribution >= 4 is 17.7 Å². The summed E-state index contributed by atoms with van der Waals surface area (Å²) >= 11 is 0. The number of nitrogen functional groups attached to an aromatic ring is 1. The van der Waals surface area contributed by atoms with Gasteiger partial charge in [-0.25, -0.2) is 9.69 Å². The molecule has 1 aliphatic rings. The molecule has 1 fully saturated rings. The van der Waals surface area contributed by atoms with Gasteiger partial charge in [-0.1, -0.05) is 49.4 Å². The van der Waals surface area contributed by atoms with Crippen LogP contribution < -0.4 is 5.73 Å². The van der Waals surface area contributed by atoms with Crippen molar-refractivity contribution in [1.82, 2.24) is 4.90 Å². The Kier molecular flexibility index (Phi) is 5.03. The molecule has 25 heavy (non-hydrogen) atoms. The summed E-state index contributed by atoms with van der Waals surface area (Å²) in [5.41, 5.74) is 8.44. The van der Waals surface area contributed by atoms with E-state index >= 15 is 0 Å². The van der Waals surface area contributed by atoms with Gasteiger partial charge in [-0.05, 0) is 35.6 Å². The number of nitrogens with two attached hydrogens (primary N) is 1. The number of anilines is 1. The molecular formula is C20H22N2O3. The van der Waals surface area contributed by atoms with E-state index in [0.717, 1.165) is 17.5 Å². The Morgan fingerprint density at radius 2 is 2.00 bits per heavy atom. The fourth-order valence-corrected chi connectivity index (χ4v) is 3.24. The maximum absolute atomic E-state index is 12.9. The van der Waals surface area contributed by atoms with E-state index in [1.165, 1.54) is 4.90 Å². The second kappa shape index (κ2) is 7.38. The molecule has 1 saturated heterocycles. The van der Waals surface area contributed by atoms with Crippen molar-refractivity contribution in [3.8, 4) is 0 Å². The minimum absolute atomic E-state index is 0.0147. The molecule has 2 N–H and O–H groups in total. The monoisotopic (exact) mass is 338 g/mol. The molecule has 3 rings (SSSR count).